The Kier molecular flexibility index (Phi) is 7.15. The molecule has 0 aromatic heterocycles. The average Bonchev–Trinajstić information content (AvgIpc) is 3.93. The Morgan fingerprint density at radius 1 is 0.761 bits per heavy atom. The molecule has 2 aromatic carbocycles. The number of hydrogen-bond donors (Lipinski definition) is 3. The van der Waals surface area contributed by atoms with Gasteiger partial charge in [-0.2, -0.15) is 0 Å². The van der Waals surface area contributed by atoms with E-state index >= 15 is 0 Å². The minimum atomic E-state index is -0.826. The molecule has 11 heteroatoms. The summed E-state index contributed by atoms with van der Waals surface area (Å²) in [5.74, 6) is 2.24. The molecule has 2 aromatic rings. The van der Waals surface area contributed by atoms with Gasteiger partial charge in [-0.3, -0.25) is 9.59 Å². The second-order valence-electron chi connectivity index (χ2n) is 14.3. The third-order valence-corrected chi connectivity index (χ3v) is 11.2. The zero-order valence-corrected chi connectivity index (χ0v) is 26.7. The number of unbranched alkanes of at least 4 members (excludes halogenated alkanes) is 2. The van der Waals surface area contributed by atoms with Crippen molar-refractivity contribution in [2.75, 3.05) is 57.7 Å². The largest absolute Gasteiger partial charge is 0.493 e. The molecule has 246 valence electrons. The molecular weight excluding hydrogens is 588 g/mol. The van der Waals surface area contributed by atoms with Crippen LogP contribution in [0, 0.1) is 10.8 Å². The molecule has 3 atom stereocenters. The van der Waals surface area contributed by atoms with E-state index in [2.05, 4.69) is 15.5 Å². The van der Waals surface area contributed by atoms with Crippen LogP contribution in [0.25, 0.3) is 0 Å². The number of amides is 2. The van der Waals surface area contributed by atoms with Gasteiger partial charge in [-0.1, -0.05) is 0 Å². The van der Waals surface area contributed by atoms with Gasteiger partial charge in [0.25, 0.3) is 11.8 Å². The Bertz CT molecular complexity index is 1550. The van der Waals surface area contributed by atoms with Crippen molar-refractivity contribution in [3.63, 3.8) is 0 Å². The third kappa shape index (κ3) is 5.16. The van der Waals surface area contributed by atoms with Gasteiger partial charge < -0.3 is 44.5 Å². The molecule has 1 unspecified atom stereocenters. The molecule has 0 bridgehead atoms. The molecule has 2 spiro atoms. The predicted octanol–water partition coefficient (Wildman–Crippen LogP) is 4.49. The molecule has 11 nitrogen and oxygen atoms in total. The van der Waals surface area contributed by atoms with E-state index in [0.717, 1.165) is 63.7 Å². The van der Waals surface area contributed by atoms with Crippen LogP contribution in [-0.4, -0.2) is 92.1 Å². The van der Waals surface area contributed by atoms with Gasteiger partial charge in [0.2, 0.25) is 0 Å². The summed E-state index contributed by atoms with van der Waals surface area (Å²) in [7, 11) is 3.18. The lowest BCUT2D eigenvalue weighted by Gasteiger charge is -2.25. The fourth-order valence-electron chi connectivity index (χ4n) is 8.09. The highest BCUT2D eigenvalue weighted by atomic mass is 16.5. The first-order chi connectivity index (χ1) is 22.3. The van der Waals surface area contributed by atoms with E-state index in [9.17, 15) is 14.7 Å². The molecule has 4 fully saturated rings. The number of rotatable bonds is 10. The molecule has 2 aliphatic carbocycles. The van der Waals surface area contributed by atoms with Gasteiger partial charge >= 0.3 is 0 Å². The summed E-state index contributed by atoms with van der Waals surface area (Å²) in [6.07, 6.45) is 8.29. The van der Waals surface area contributed by atoms with Crippen LogP contribution in [0.2, 0.25) is 0 Å². The van der Waals surface area contributed by atoms with Crippen LogP contribution in [0.4, 0.5) is 11.4 Å². The fourth-order valence-corrected chi connectivity index (χ4v) is 8.09. The first kappa shape index (κ1) is 29.5. The Morgan fingerprint density at radius 3 is 1.96 bits per heavy atom. The summed E-state index contributed by atoms with van der Waals surface area (Å²) in [4.78, 5) is 30.8. The second-order valence-corrected chi connectivity index (χ2v) is 14.3. The zero-order valence-electron chi connectivity index (χ0n) is 26.7. The number of nitrogens with one attached hydrogen (secondary N) is 2. The van der Waals surface area contributed by atoms with Crippen molar-refractivity contribution in [1.29, 1.82) is 0 Å². The van der Waals surface area contributed by atoms with Crippen molar-refractivity contribution in [1.82, 2.24) is 9.80 Å². The first-order valence-corrected chi connectivity index (χ1v) is 16.8. The van der Waals surface area contributed by atoms with E-state index in [1.165, 1.54) is 12.8 Å². The smallest absolute Gasteiger partial charge is 0.256 e. The standard InChI is InChI=1S/C35H44N4O7/c1-43-27-12-22-24(36-18-21-16-34(6-7-34)19-38(21)32(22)41)14-29(27)45-10-4-3-5-11-46-30-15-25-23(13-28(30)44-2)33(42)39-20-35(8-9-35)17-26(39)31(40)37-25/h12-15,21,26,31,36-37,40H,3-11,16-20H2,1-2H3/t21-,26-,31?/m0/s1. The molecule has 4 aliphatic heterocycles. The number of fused-ring (bicyclic) bond motifs is 4. The molecule has 2 amide bonds. The van der Waals surface area contributed by atoms with Crippen LogP contribution in [0.15, 0.2) is 24.3 Å². The van der Waals surface area contributed by atoms with Gasteiger partial charge in [-0.05, 0) is 80.8 Å². The number of anilines is 2. The van der Waals surface area contributed by atoms with Gasteiger partial charge in [-0.25, -0.2) is 0 Å². The molecule has 4 heterocycles. The highest BCUT2D eigenvalue weighted by molar-refractivity contribution is 6.02. The second kappa shape index (κ2) is 11.1. The monoisotopic (exact) mass is 632 g/mol. The molecule has 46 heavy (non-hydrogen) atoms. The topological polar surface area (TPSA) is 122 Å². The van der Waals surface area contributed by atoms with Crippen LogP contribution in [0.3, 0.4) is 0 Å². The van der Waals surface area contributed by atoms with Crippen LogP contribution in [0.1, 0.15) is 78.5 Å². The Morgan fingerprint density at radius 2 is 1.33 bits per heavy atom. The summed E-state index contributed by atoms with van der Waals surface area (Å²) in [6.45, 7) is 3.30. The normalized spacial score (nSPS) is 25.8. The van der Waals surface area contributed by atoms with Gasteiger partial charge in [0.1, 0.15) is 6.23 Å². The maximum absolute atomic E-state index is 13.5. The number of methoxy groups -OCH3 is 2. The van der Waals surface area contributed by atoms with E-state index in [-0.39, 0.29) is 29.3 Å². The number of aliphatic hydroxyl groups is 1. The molecule has 2 saturated carbocycles. The molecule has 8 rings (SSSR count). The Labute approximate surface area is 269 Å². The number of carbonyl (C=O) groups is 2. The number of hydrogen-bond acceptors (Lipinski definition) is 9. The molecule has 6 aliphatic rings. The maximum atomic E-state index is 13.5. The van der Waals surface area contributed by atoms with Crippen LogP contribution >= 0.6 is 0 Å². The van der Waals surface area contributed by atoms with Crippen molar-refractivity contribution >= 4 is 23.2 Å². The number of aliphatic hydroxyl groups excluding tert-OH is 1. The van der Waals surface area contributed by atoms with Crippen LogP contribution < -0.4 is 29.6 Å². The number of benzene rings is 2. The minimum Gasteiger partial charge on any atom is -0.493 e. The van der Waals surface area contributed by atoms with Crippen molar-refractivity contribution in [2.45, 2.75) is 76.1 Å². The molecule has 0 radical (unpaired) electrons. The number of nitrogens with zero attached hydrogens (tertiary/aromatic N) is 2. The molecule has 2 saturated heterocycles. The van der Waals surface area contributed by atoms with Crippen LogP contribution in [0.5, 0.6) is 23.0 Å². The van der Waals surface area contributed by atoms with E-state index in [1.54, 1.807) is 26.4 Å². The summed E-state index contributed by atoms with van der Waals surface area (Å²) < 4.78 is 23.5. The SMILES string of the molecule is COc1cc2c(cc1OCCCCCOc1cc3c(cc1OC)C(=O)N1CC4(CC4)C[C@H]1C(O)N3)NC[C@@H]1CC3(CC3)CN1C2=O. The maximum Gasteiger partial charge on any atom is 0.256 e. The van der Waals surface area contributed by atoms with E-state index in [4.69, 9.17) is 18.9 Å². The Hall–Kier alpha value is -3.86. The highest BCUT2D eigenvalue weighted by Gasteiger charge is 2.56. The summed E-state index contributed by atoms with van der Waals surface area (Å²) >= 11 is 0. The minimum absolute atomic E-state index is 0.0713. The van der Waals surface area contributed by atoms with Crippen molar-refractivity contribution in [2.24, 2.45) is 10.8 Å². The van der Waals surface area contributed by atoms with E-state index in [0.29, 0.717) is 65.0 Å². The number of carbonyl (C=O) groups excluding carboxylic acids is 2. The lowest BCUT2D eigenvalue weighted by molar-refractivity contribution is 0.0580. The van der Waals surface area contributed by atoms with Crippen molar-refractivity contribution in [3.05, 3.63) is 35.4 Å². The number of ether oxygens (including phenoxy) is 4. The summed E-state index contributed by atoms with van der Waals surface area (Å²) in [5.41, 5.74) is 3.08. The van der Waals surface area contributed by atoms with E-state index < -0.39 is 6.23 Å². The first-order valence-electron chi connectivity index (χ1n) is 16.8. The highest BCUT2D eigenvalue weighted by Crippen LogP contribution is 2.57. The Balaban J connectivity index is 0.845. The van der Waals surface area contributed by atoms with E-state index in [1.807, 2.05) is 17.0 Å². The van der Waals surface area contributed by atoms with Crippen molar-refractivity contribution in [3.8, 4) is 23.0 Å². The zero-order chi connectivity index (χ0) is 31.6. The van der Waals surface area contributed by atoms with Gasteiger partial charge in [0.15, 0.2) is 23.0 Å². The van der Waals surface area contributed by atoms with Gasteiger partial charge in [0.05, 0.1) is 56.0 Å². The quantitative estimate of drug-likeness (QED) is 0.325. The van der Waals surface area contributed by atoms with Gasteiger partial charge in [-0.15, -0.1) is 0 Å². The fraction of sp³-hybridized carbons (Fsp3) is 0.600. The average molecular weight is 633 g/mol. The molecule has 3 N–H and O–H groups in total. The summed E-state index contributed by atoms with van der Waals surface area (Å²) in [5, 5.41) is 17.6. The molecular formula is C35H44N4O7. The van der Waals surface area contributed by atoms with Crippen molar-refractivity contribution < 1.29 is 33.6 Å². The lowest BCUT2D eigenvalue weighted by Crippen LogP contribution is -2.43. The summed E-state index contributed by atoms with van der Waals surface area (Å²) in [6, 6.07) is 7.23. The third-order valence-electron chi connectivity index (χ3n) is 11.2. The predicted molar refractivity (Wildman–Crippen MR) is 171 cm³/mol. The van der Waals surface area contributed by atoms with Gasteiger partial charge in [0, 0.05) is 37.8 Å². The van der Waals surface area contributed by atoms with Crippen LogP contribution in [-0.2, 0) is 0 Å². The lowest BCUT2D eigenvalue weighted by atomic mass is 10.0.